The van der Waals surface area contributed by atoms with Gasteiger partial charge in [-0.05, 0) is 42.3 Å². The van der Waals surface area contributed by atoms with E-state index in [0.29, 0.717) is 22.2 Å². The highest BCUT2D eigenvalue weighted by Gasteiger charge is 2.20. The first-order chi connectivity index (χ1) is 14.9. The van der Waals surface area contributed by atoms with Crippen LogP contribution in [-0.4, -0.2) is 14.4 Å². The third-order valence-electron chi connectivity index (χ3n) is 4.91. The number of hydrogen-bond acceptors (Lipinski definition) is 6. The molecular weight excluding hydrogens is 402 g/mol. The Bertz CT molecular complexity index is 1390. The van der Waals surface area contributed by atoms with Crippen LogP contribution in [0.4, 0.5) is 20.4 Å². The largest absolute Gasteiger partial charge is 0.382 e. The Labute approximate surface area is 175 Å². The summed E-state index contributed by atoms with van der Waals surface area (Å²) in [5, 5.41) is 12.5. The summed E-state index contributed by atoms with van der Waals surface area (Å²) in [6.45, 7) is 1.78. The van der Waals surface area contributed by atoms with Crippen LogP contribution < -0.4 is 16.6 Å². The summed E-state index contributed by atoms with van der Waals surface area (Å²) in [6, 6.07) is 11.3. The van der Waals surface area contributed by atoms with Gasteiger partial charge in [-0.15, -0.1) is 0 Å². The Balaban J connectivity index is 1.93. The van der Waals surface area contributed by atoms with Gasteiger partial charge in [0.15, 0.2) is 0 Å². The van der Waals surface area contributed by atoms with E-state index in [1.165, 1.54) is 41.1 Å². The Morgan fingerprint density at radius 3 is 2.55 bits per heavy atom. The van der Waals surface area contributed by atoms with Gasteiger partial charge in [-0.25, -0.2) is 18.7 Å². The molecule has 3 N–H and O–H groups in total. The van der Waals surface area contributed by atoms with E-state index < -0.39 is 23.2 Å². The van der Waals surface area contributed by atoms with Crippen molar-refractivity contribution in [3.05, 3.63) is 88.1 Å². The molecule has 0 aliphatic rings. The molecule has 1 unspecified atom stereocenters. The molecule has 0 aliphatic carbocycles. The van der Waals surface area contributed by atoms with Crippen molar-refractivity contribution >= 4 is 17.2 Å². The molecule has 7 nitrogen and oxygen atoms in total. The quantitative estimate of drug-likeness (QED) is 0.524. The summed E-state index contributed by atoms with van der Waals surface area (Å²) in [7, 11) is 0. The molecule has 3 heterocycles. The smallest absolute Gasteiger partial charge is 0.255 e. The van der Waals surface area contributed by atoms with Gasteiger partial charge in [0.2, 0.25) is 0 Å². The lowest BCUT2D eigenvalue weighted by molar-refractivity contribution is 0.618. The van der Waals surface area contributed by atoms with E-state index in [2.05, 4.69) is 15.3 Å². The summed E-state index contributed by atoms with van der Waals surface area (Å²) >= 11 is 0. The Morgan fingerprint density at radius 2 is 1.84 bits per heavy atom. The number of nitriles is 1. The van der Waals surface area contributed by atoms with Crippen molar-refractivity contribution in [2.24, 2.45) is 0 Å². The molecule has 0 amide bonds. The van der Waals surface area contributed by atoms with Crippen LogP contribution in [0, 0.1) is 23.0 Å². The lowest BCUT2D eigenvalue weighted by Gasteiger charge is -2.21. The number of anilines is 2. The van der Waals surface area contributed by atoms with Crippen molar-refractivity contribution in [2.45, 2.75) is 13.0 Å². The van der Waals surface area contributed by atoms with E-state index in [0.717, 1.165) is 6.20 Å². The van der Waals surface area contributed by atoms with Crippen LogP contribution in [0.3, 0.4) is 0 Å². The van der Waals surface area contributed by atoms with Crippen molar-refractivity contribution in [3.8, 4) is 17.2 Å². The Kier molecular flexibility index (Phi) is 5.05. The minimum Gasteiger partial charge on any atom is -0.382 e. The van der Waals surface area contributed by atoms with Gasteiger partial charge in [0.25, 0.3) is 5.56 Å². The first kappa shape index (κ1) is 20.0. The SMILES string of the molecule is CC(Nc1ncnc(N)c1C#N)c1cc(=O)n2cc(F)ccc2c1-c1ccc(F)cc1. The third-order valence-corrected chi connectivity index (χ3v) is 4.91. The number of nitrogens with one attached hydrogen (secondary N) is 1. The summed E-state index contributed by atoms with van der Waals surface area (Å²) in [4.78, 5) is 20.6. The number of halogens is 2. The molecule has 0 bridgehead atoms. The van der Waals surface area contributed by atoms with Crippen molar-refractivity contribution in [3.63, 3.8) is 0 Å². The molecular formula is C22H16F2N6O. The van der Waals surface area contributed by atoms with Gasteiger partial charge in [-0.2, -0.15) is 5.26 Å². The molecule has 1 aromatic carbocycles. The van der Waals surface area contributed by atoms with Crippen molar-refractivity contribution in [1.82, 2.24) is 14.4 Å². The van der Waals surface area contributed by atoms with Crippen LogP contribution in [-0.2, 0) is 0 Å². The second kappa shape index (κ2) is 7.84. The van der Waals surface area contributed by atoms with E-state index in [1.807, 2.05) is 6.07 Å². The van der Waals surface area contributed by atoms with E-state index in [-0.39, 0.29) is 17.2 Å². The second-order valence-electron chi connectivity index (χ2n) is 6.88. The average molecular weight is 418 g/mol. The number of rotatable bonds is 4. The molecule has 0 aliphatic heterocycles. The van der Waals surface area contributed by atoms with Gasteiger partial charge < -0.3 is 11.1 Å². The number of fused-ring (bicyclic) bond motifs is 1. The summed E-state index contributed by atoms with van der Waals surface area (Å²) in [5.74, 6) is -0.726. The zero-order chi connectivity index (χ0) is 22.1. The number of nitrogens with zero attached hydrogens (tertiary/aromatic N) is 4. The third kappa shape index (κ3) is 3.67. The summed E-state index contributed by atoms with van der Waals surface area (Å²) in [6.07, 6.45) is 2.33. The molecule has 1 atom stereocenters. The number of benzene rings is 1. The fourth-order valence-corrected chi connectivity index (χ4v) is 3.46. The fourth-order valence-electron chi connectivity index (χ4n) is 3.46. The molecule has 0 saturated carbocycles. The van der Waals surface area contributed by atoms with Crippen LogP contribution in [0.1, 0.15) is 24.1 Å². The maximum absolute atomic E-state index is 13.8. The molecule has 0 spiro atoms. The van der Waals surface area contributed by atoms with Crippen molar-refractivity contribution in [1.29, 1.82) is 5.26 Å². The van der Waals surface area contributed by atoms with Gasteiger partial charge >= 0.3 is 0 Å². The summed E-state index contributed by atoms with van der Waals surface area (Å²) < 4.78 is 28.5. The zero-order valence-electron chi connectivity index (χ0n) is 16.3. The topological polar surface area (TPSA) is 109 Å². The maximum atomic E-state index is 13.8. The zero-order valence-corrected chi connectivity index (χ0v) is 16.3. The maximum Gasteiger partial charge on any atom is 0.255 e. The highest BCUT2D eigenvalue weighted by molar-refractivity contribution is 5.84. The standard InChI is InChI=1S/C22H16F2N6O/c1-12(29-22-17(9-25)21(26)27-11-28-22)16-8-19(31)30-10-15(24)6-7-18(30)20(16)13-2-4-14(23)5-3-13/h2-8,10-12H,1H3,(H3,26,27,28,29). The second-order valence-corrected chi connectivity index (χ2v) is 6.88. The van der Waals surface area contributed by atoms with Gasteiger partial charge in [0.05, 0.1) is 11.6 Å². The van der Waals surface area contributed by atoms with Gasteiger partial charge in [-0.3, -0.25) is 9.20 Å². The predicted octanol–water partition coefficient (Wildman–Crippen LogP) is 3.66. The molecule has 4 aromatic rings. The average Bonchev–Trinajstić information content (AvgIpc) is 2.75. The highest BCUT2D eigenvalue weighted by atomic mass is 19.1. The number of nitrogen functional groups attached to an aromatic ring is 1. The predicted molar refractivity (Wildman–Crippen MR) is 112 cm³/mol. The van der Waals surface area contributed by atoms with Crippen LogP contribution in [0.5, 0.6) is 0 Å². The van der Waals surface area contributed by atoms with Crippen molar-refractivity contribution in [2.75, 3.05) is 11.1 Å². The van der Waals surface area contributed by atoms with Gasteiger partial charge in [0.1, 0.15) is 41.2 Å². The molecule has 0 fully saturated rings. The lowest BCUT2D eigenvalue weighted by atomic mass is 9.94. The van der Waals surface area contributed by atoms with Crippen LogP contribution >= 0.6 is 0 Å². The van der Waals surface area contributed by atoms with Crippen LogP contribution in [0.15, 0.2) is 59.8 Å². The summed E-state index contributed by atoms with van der Waals surface area (Å²) in [5.41, 5.74) is 7.66. The normalized spacial score (nSPS) is 11.8. The van der Waals surface area contributed by atoms with E-state index in [1.54, 1.807) is 19.1 Å². The highest BCUT2D eigenvalue weighted by Crippen LogP contribution is 2.33. The number of pyridine rings is 2. The Hall–Kier alpha value is -4.32. The lowest BCUT2D eigenvalue weighted by Crippen LogP contribution is -2.19. The van der Waals surface area contributed by atoms with E-state index in [4.69, 9.17) is 5.73 Å². The molecule has 0 saturated heterocycles. The molecule has 0 radical (unpaired) electrons. The molecule has 31 heavy (non-hydrogen) atoms. The van der Waals surface area contributed by atoms with Crippen LogP contribution in [0.25, 0.3) is 16.6 Å². The first-order valence-corrected chi connectivity index (χ1v) is 9.27. The minimum absolute atomic E-state index is 0.0278. The molecule has 3 aromatic heterocycles. The minimum atomic E-state index is -0.561. The van der Waals surface area contributed by atoms with Gasteiger partial charge in [-0.1, -0.05) is 12.1 Å². The van der Waals surface area contributed by atoms with E-state index >= 15 is 0 Å². The number of hydrogen-bond donors (Lipinski definition) is 2. The Morgan fingerprint density at radius 1 is 1.13 bits per heavy atom. The number of nitrogens with two attached hydrogens (primary N) is 1. The molecule has 9 heteroatoms. The monoisotopic (exact) mass is 418 g/mol. The van der Waals surface area contributed by atoms with E-state index in [9.17, 15) is 18.8 Å². The number of aromatic nitrogens is 3. The van der Waals surface area contributed by atoms with Crippen molar-refractivity contribution < 1.29 is 8.78 Å². The fraction of sp³-hybridized carbons (Fsp3) is 0.0909. The molecule has 4 rings (SSSR count). The van der Waals surface area contributed by atoms with Gasteiger partial charge in [0, 0.05) is 17.8 Å². The molecule has 154 valence electrons. The van der Waals surface area contributed by atoms with Crippen LogP contribution in [0.2, 0.25) is 0 Å². The first-order valence-electron chi connectivity index (χ1n) is 9.27.